The van der Waals surface area contributed by atoms with E-state index in [0.29, 0.717) is 11.9 Å². The SMILES string of the molecule is CC(C)(N)Cc1cn(C(=O)O)c2ccccc12. The van der Waals surface area contributed by atoms with Crippen molar-refractivity contribution in [3.63, 3.8) is 0 Å². The van der Waals surface area contributed by atoms with Crippen LogP contribution in [0.4, 0.5) is 4.79 Å². The van der Waals surface area contributed by atoms with Gasteiger partial charge in [-0.1, -0.05) is 18.2 Å². The molecule has 3 N–H and O–H groups in total. The molecule has 0 bridgehead atoms. The molecule has 0 saturated heterocycles. The molecular formula is C13H16N2O2. The topological polar surface area (TPSA) is 68.2 Å². The first-order chi connectivity index (χ1) is 7.88. The van der Waals surface area contributed by atoms with Gasteiger partial charge in [0.2, 0.25) is 0 Å². The third kappa shape index (κ3) is 2.31. The van der Waals surface area contributed by atoms with E-state index in [9.17, 15) is 4.79 Å². The van der Waals surface area contributed by atoms with E-state index in [1.54, 1.807) is 12.3 Å². The first kappa shape index (κ1) is 11.7. The summed E-state index contributed by atoms with van der Waals surface area (Å²) in [5, 5.41) is 10.1. The van der Waals surface area contributed by atoms with Crippen LogP contribution in [0.2, 0.25) is 0 Å². The monoisotopic (exact) mass is 232 g/mol. The molecular weight excluding hydrogens is 216 g/mol. The summed E-state index contributed by atoms with van der Waals surface area (Å²) in [6.07, 6.45) is 1.33. The highest BCUT2D eigenvalue weighted by Gasteiger charge is 2.18. The Morgan fingerprint density at radius 2 is 2.06 bits per heavy atom. The first-order valence-electron chi connectivity index (χ1n) is 5.49. The van der Waals surface area contributed by atoms with Gasteiger partial charge in [0.05, 0.1) is 5.52 Å². The molecule has 0 amide bonds. The summed E-state index contributed by atoms with van der Waals surface area (Å²) in [4.78, 5) is 11.1. The van der Waals surface area contributed by atoms with Gasteiger partial charge in [-0.05, 0) is 31.9 Å². The molecule has 4 nitrogen and oxygen atoms in total. The Morgan fingerprint density at radius 1 is 1.41 bits per heavy atom. The van der Waals surface area contributed by atoms with E-state index >= 15 is 0 Å². The van der Waals surface area contributed by atoms with Gasteiger partial charge in [-0.3, -0.25) is 4.57 Å². The molecule has 2 aromatic rings. The van der Waals surface area contributed by atoms with Crippen LogP contribution in [0.5, 0.6) is 0 Å². The fourth-order valence-electron chi connectivity index (χ4n) is 2.04. The molecule has 0 aliphatic carbocycles. The standard InChI is InChI=1S/C13H16N2O2/c1-13(2,14)7-9-8-15(12(16)17)11-6-4-3-5-10(9)11/h3-6,8H,7,14H2,1-2H3,(H,16,17). The largest absolute Gasteiger partial charge is 0.464 e. The number of para-hydroxylation sites is 1. The van der Waals surface area contributed by atoms with Crippen molar-refractivity contribution in [2.75, 3.05) is 0 Å². The van der Waals surface area contributed by atoms with Crippen LogP contribution in [0.15, 0.2) is 30.5 Å². The summed E-state index contributed by atoms with van der Waals surface area (Å²) in [5.74, 6) is 0. The maximum atomic E-state index is 11.1. The van der Waals surface area contributed by atoms with Crippen LogP contribution in [0.3, 0.4) is 0 Å². The maximum Gasteiger partial charge on any atom is 0.416 e. The summed E-state index contributed by atoms with van der Waals surface area (Å²) in [7, 11) is 0. The number of carboxylic acid groups (broad SMARTS) is 1. The van der Waals surface area contributed by atoms with Crippen LogP contribution < -0.4 is 5.73 Å². The lowest BCUT2D eigenvalue weighted by molar-refractivity contribution is 0.197. The molecule has 0 aliphatic heterocycles. The molecule has 4 heteroatoms. The molecule has 1 heterocycles. The molecule has 1 aromatic carbocycles. The zero-order valence-electron chi connectivity index (χ0n) is 9.97. The van der Waals surface area contributed by atoms with E-state index in [-0.39, 0.29) is 5.54 Å². The molecule has 0 unspecified atom stereocenters. The van der Waals surface area contributed by atoms with Crippen molar-refractivity contribution in [1.29, 1.82) is 0 Å². The Labute approximate surface area is 99.7 Å². The summed E-state index contributed by atoms with van der Waals surface area (Å²) in [6.45, 7) is 3.86. The van der Waals surface area contributed by atoms with Crippen molar-refractivity contribution in [3.05, 3.63) is 36.0 Å². The van der Waals surface area contributed by atoms with Gasteiger partial charge in [0, 0.05) is 17.1 Å². The van der Waals surface area contributed by atoms with Crippen LogP contribution >= 0.6 is 0 Å². The van der Waals surface area contributed by atoms with Gasteiger partial charge < -0.3 is 10.8 Å². The number of benzene rings is 1. The summed E-state index contributed by atoms with van der Waals surface area (Å²) >= 11 is 0. The first-order valence-corrected chi connectivity index (χ1v) is 5.49. The van der Waals surface area contributed by atoms with Crippen LogP contribution in [-0.4, -0.2) is 21.3 Å². The fourth-order valence-corrected chi connectivity index (χ4v) is 2.04. The van der Waals surface area contributed by atoms with Crippen molar-refractivity contribution in [2.24, 2.45) is 5.73 Å². The van der Waals surface area contributed by atoms with Gasteiger partial charge in [-0.15, -0.1) is 0 Å². The molecule has 0 radical (unpaired) electrons. The third-order valence-corrected chi connectivity index (χ3v) is 2.65. The molecule has 0 aliphatic rings. The third-order valence-electron chi connectivity index (χ3n) is 2.65. The average molecular weight is 232 g/mol. The molecule has 17 heavy (non-hydrogen) atoms. The second-order valence-electron chi connectivity index (χ2n) is 4.99. The Morgan fingerprint density at radius 3 is 2.65 bits per heavy atom. The average Bonchev–Trinajstić information content (AvgIpc) is 2.55. The van der Waals surface area contributed by atoms with E-state index in [0.717, 1.165) is 10.9 Å². The quantitative estimate of drug-likeness (QED) is 0.835. The van der Waals surface area contributed by atoms with E-state index < -0.39 is 6.09 Å². The van der Waals surface area contributed by atoms with Crippen LogP contribution in [-0.2, 0) is 6.42 Å². The van der Waals surface area contributed by atoms with Gasteiger partial charge in [0.25, 0.3) is 0 Å². The minimum Gasteiger partial charge on any atom is -0.464 e. The van der Waals surface area contributed by atoms with Gasteiger partial charge in [-0.2, -0.15) is 0 Å². The number of hydrogen-bond acceptors (Lipinski definition) is 2. The number of nitrogens with two attached hydrogens (primary N) is 1. The van der Waals surface area contributed by atoms with E-state index in [4.69, 9.17) is 10.8 Å². The molecule has 0 spiro atoms. The molecule has 2 rings (SSSR count). The molecule has 0 saturated carbocycles. The predicted molar refractivity (Wildman–Crippen MR) is 67.3 cm³/mol. The number of aromatic nitrogens is 1. The minimum atomic E-state index is -0.970. The Kier molecular flexibility index (Phi) is 2.67. The molecule has 0 atom stereocenters. The van der Waals surface area contributed by atoms with E-state index in [1.807, 2.05) is 32.0 Å². The molecule has 1 aromatic heterocycles. The summed E-state index contributed by atoms with van der Waals surface area (Å²) in [6, 6.07) is 7.47. The lowest BCUT2D eigenvalue weighted by atomic mass is 9.96. The lowest BCUT2D eigenvalue weighted by Gasteiger charge is -2.17. The van der Waals surface area contributed by atoms with E-state index in [2.05, 4.69) is 0 Å². The van der Waals surface area contributed by atoms with Crippen molar-refractivity contribution in [2.45, 2.75) is 25.8 Å². The zero-order valence-corrected chi connectivity index (χ0v) is 9.97. The van der Waals surface area contributed by atoms with Crippen molar-refractivity contribution in [1.82, 2.24) is 4.57 Å². The van der Waals surface area contributed by atoms with Gasteiger partial charge in [0.15, 0.2) is 0 Å². The van der Waals surface area contributed by atoms with Gasteiger partial charge in [0.1, 0.15) is 0 Å². The van der Waals surface area contributed by atoms with Gasteiger partial charge >= 0.3 is 6.09 Å². The maximum absolute atomic E-state index is 11.1. The number of rotatable bonds is 2. The number of fused-ring (bicyclic) bond motifs is 1. The molecule has 90 valence electrons. The van der Waals surface area contributed by atoms with Crippen LogP contribution in [0, 0.1) is 0 Å². The minimum absolute atomic E-state index is 0.354. The van der Waals surface area contributed by atoms with Crippen molar-refractivity contribution in [3.8, 4) is 0 Å². The Balaban J connectivity index is 2.61. The number of hydrogen-bond donors (Lipinski definition) is 2. The highest BCUT2D eigenvalue weighted by molar-refractivity contribution is 5.91. The lowest BCUT2D eigenvalue weighted by Crippen LogP contribution is -2.34. The van der Waals surface area contributed by atoms with Crippen LogP contribution in [0.1, 0.15) is 19.4 Å². The highest BCUT2D eigenvalue weighted by Crippen LogP contribution is 2.24. The number of carbonyl (C=O) groups is 1. The predicted octanol–water partition coefficient (Wildman–Crippen LogP) is 2.45. The fraction of sp³-hybridized carbons (Fsp3) is 0.308. The normalized spacial score (nSPS) is 11.9. The van der Waals surface area contributed by atoms with Crippen molar-refractivity contribution >= 4 is 17.0 Å². The second kappa shape index (κ2) is 3.89. The Bertz CT molecular complexity index is 564. The smallest absolute Gasteiger partial charge is 0.416 e. The second-order valence-corrected chi connectivity index (χ2v) is 4.99. The summed E-state index contributed by atoms with van der Waals surface area (Å²) in [5.41, 5.74) is 7.31. The van der Waals surface area contributed by atoms with Crippen molar-refractivity contribution < 1.29 is 9.90 Å². The highest BCUT2D eigenvalue weighted by atomic mass is 16.4. The number of nitrogens with zero attached hydrogens (tertiary/aromatic N) is 1. The zero-order chi connectivity index (χ0) is 12.6. The molecule has 0 fully saturated rings. The van der Waals surface area contributed by atoms with Crippen LogP contribution in [0.25, 0.3) is 10.9 Å². The van der Waals surface area contributed by atoms with E-state index in [1.165, 1.54) is 4.57 Å². The summed E-state index contributed by atoms with van der Waals surface area (Å²) < 4.78 is 1.25. The van der Waals surface area contributed by atoms with Gasteiger partial charge in [-0.25, -0.2) is 4.79 Å². The Hall–Kier alpha value is -1.81.